The van der Waals surface area contributed by atoms with Gasteiger partial charge in [0.15, 0.2) is 0 Å². The number of esters is 1. The molecule has 3 aliphatic rings. The third kappa shape index (κ3) is 4.48. The van der Waals surface area contributed by atoms with E-state index in [1.165, 1.54) is 42.5 Å². The molecule has 0 amide bonds. The summed E-state index contributed by atoms with van der Waals surface area (Å²) in [6.07, 6.45) is 9.38. The highest BCUT2D eigenvalue weighted by Gasteiger charge is 2.56. The summed E-state index contributed by atoms with van der Waals surface area (Å²) >= 11 is 0. The van der Waals surface area contributed by atoms with Crippen LogP contribution >= 0.6 is 0 Å². The minimum atomic E-state index is -0.223. The molecule has 0 bridgehead atoms. The van der Waals surface area contributed by atoms with Crippen molar-refractivity contribution in [3.63, 3.8) is 0 Å². The first-order valence-electron chi connectivity index (χ1n) is 13.2. The van der Waals surface area contributed by atoms with Crippen molar-refractivity contribution in [1.82, 2.24) is 0 Å². The van der Waals surface area contributed by atoms with E-state index in [2.05, 4.69) is 32.0 Å². The quantitative estimate of drug-likeness (QED) is 0.402. The lowest BCUT2D eigenvalue weighted by Gasteiger charge is -2.50. The third-order valence-electron chi connectivity index (χ3n) is 8.94. The third-order valence-corrected chi connectivity index (χ3v) is 8.94. The number of hydrogen-bond donors (Lipinski definition) is 0. The van der Waals surface area contributed by atoms with E-state index in [4.69, 9.17) is 9.47 Å². The van der Waals surface area contributed by atoms with Crippen LogP contribution in [-0.4, -0.2) is 12.1 Å². The molecule has 182 valence electrons. The van der Waals surface area contributed by atoms with Gasteiger partial charge in [-0.15, -0.1) is 0 Å². The van der Waals surface area contributed by atoms with Crippen molar-refractivity contribution in [3.05, 3.63) is 65.0 Å². The SMILES string of the molecule is CCCCC(=O)O[C@@H]1CC[C@@H]2[C@@H]3CCc4cc(OCc5ccc(F)cc5)ccc4[C@H]3CC[C@@]21C. The standard InChI is InChI=1S/C30H37FO3/c1-3-4-5-29(32)34-28-15-14-27-26-12-8-21-18-23(33-19-20-6-9-22(31)10-7-20)11-13-24(21)25(26)16-17-30(27,28)2/h6-7,9-11,13,18,25-28H,3-5,8,12,14-17,19H2,1-2H3/t25-,26-,27-,28-,30+/m1/s1. The molecule has 0 aliphatic heterocycles. The summed E-state index contributed by atoms with van der Waals surface area (Å²) in [6.45, 7) is 4.95. The first-order chi connectivity index (χ1) is 16.5. The van der Waals surface area contributed by atoms with Gasteiger partial charge < -0.3 is 9.47 Å². The van der Waals surface area contributed by atoms with Crippen molar-refractivity contribution in [2.75, 3.05) is 0 Å². The molecule has 2 saturated carbocycles. The summed E-state index contributed by atoms with van der Waals surface area (Å²) < 4.78 is 25.2. The Morgan fingerprint density at radius 3 is 2.71 bits per heavy atom. The Morgan fingerprint density at radius 1 is 1.09 bits per heavy atom. The van der Waals surface area contributed by atoms with Gasteiger partial charge in [-0.2, -0.15) is 0 Å². The maximum Gasteiger partial charge on any atom is 0.306 e. The smallest absolute Gasteiger partial charge is 0.306 e. The molecule has 0 spiro atoms. The zero-order chi connectivity index (χ0) is 23.7. The fraction of sp³-hybridized carbons (Fsp3) is 0.567. The van der Waals surface area contributed by atoms with Crippen LogP contribution in [0.3, 0.4) is 0 Å². The number of hydrogen-bond acceptors (Lipinski definition) is 3. The number of unbranched alkanes of at least 4 members (excludes halogenated alkanes) is 1. The molecule has 4 heteroatoms. The van der Waals surface area contributed by atoms with Crippen LogP contribution in [0, 0.1) is 23.1 Å². The van der Waals surface area contributed by atoms with Gasteiger partial charge in [0.05, 0.1) is 0 Å². The van der Waals surface area contributed by atoms with Crippen LogP contribution in [0.4, 0.5) is 4.39 Å². The molecule has 5 atom stereocenters. The van der Waals surface area contributed by atoms with E-state index in [1.54, 1.807) is 12.1 Å². The molecule has 34 heavy (non-hydrogen) atoms. The molecular weight excluding hydrogens is 427 g/mol. The maximum absolute atomic E-state index is 13.1. The van der Waals surface area contributed by atoms with Crippen LogP contribution in [-0.2, 0) is 22.6 Å². The number of aryl methyl sites for hydroxylation is 1. The second-order valence-corrected chi connectivity index (χ2v) is 10.9. The van der Waals surface area contributed by atoms with E-state index >= 15 is 0 Å². The highest BCUT2D eigenvalue weighted by molar-refractivity contribution is 5.69. The van der Waals surface area contributed by atoms with Gasteiger partial charge in [-0.3, -0.25) is 4.79 Å². The minimum Gasteiger partial charge on any atom is -0.489 e. The predicted molar refractivity (Wildman–Crippen MR) is 131 cm³/mol. The minimum absolute atomic E-state index is 0.00185. The molecule has 0 heterocycles. The van der Waals surface area contributed by atoms with Crippen LogP contribution in [0.5, 0.6) is 5.75 Å². The molecule has 0 aromatic heterocycles. The summed E-state index contributed by atoms with van der Waals surface area (Å²) in [5.74, 6) is 2.58. The van der Waals surface area contributed by atoms with Gasteiger partial charge in [-0.1, -0.05) is 38.5 Å². The second-order valence-electron chi connectivity index (χ2n) is 10.9. The van der Waals surface area contributed by atoms with E-state index in [-0.39, 0.29) is 23.3 Å². The number of carbonyl (C=O) groups excluding carboxylic acids is 1. The number of halogens is 1. The van der Waals surface area contributed by atoms with Crippen LogP contribution < -0.4 is 4.74 Å². The predicted octanol–water partition coefficient (Wildman–Crippen LogP) is 7.36. The van der Waals surface area contributed by atoms with Gasteiger partial charge in [0.2, 0.25) is 0 Å². The van der Waals surface area contributed by atoms with Crippen LogP contribution in [0.15, 0.2) is 42.5 Å². The lowest BCUT2D eigenvalue weighted by molar-refractivity contribution is -0.157. The molecule has 3 aliphatic carbocycles. The molecule has 0 N–H and O–H groups in total. The average molecular weight is 465 g/mol. The number of rotatable bonds is 7. The normalized spacial score (nSPS) is 29.6. The summed E-state index contributed by atoms with van der Waals surface area (Å²) in [6, 6.07) is 13.1. The van der Waals surface area contributed by atoms with Crippen LogP contribution in [0.1, 0.15) is 87.8 Å². The van der Waals surface area contributed by atoms with Crippen molar-refractivity contribution in [3.8, 4) is 5.75 Å². The topological polar surface area (TPSA) is 35.5 Å². The van der Waals surface area contributed by atoms with Gasteiger partial charge in [0.1, 0.15) is 24.3 Å². The fourth-order valence-corrected chi connectivity index (χ4v) is 7.08. The van der Waals surface area contributed by atoms with Gasteiger partial charge >= 0.3 is 5.97 Å². The maximum atomic E-state index is 13.1. The monoisotopic (exact) mass is 464 g/mol. The van der Waals surface area contributed by atoms with E-state index in [9.17, 15) is 9.18 Å². The average Bonchev–Trinajstić information content (AvgIpc) is 3.18. The van der Waals surface area contributed by atoms with Gasteiger partial charge in [0, 0.05) is 11.8 Å². The Kier molecular flexibility index (Phi) is 6.68. The number of benzene rings is 2. The van der Waals surface area contributed by atoms with Crippen molar-refractivity contribution < 1.29 is 18.7 Å². The molecule has 0 unspecified atom stereocenters. The molecule has 2 aromatic rings. The van der Waals surface area contributed by atoms with E-state index in [0.717, 1.165) is 43.4 Å². The van der Waals surface area contributed by atoms with Gasteiger partial charge in [-0.25, -0.2) is 4.39 Å². The zero-order valence-electron chi connectivity index (χ0n) is 20.5. The summed E-state index contributed by atoms with van der Waals surface area (Å²) in [7, 11) is 0. The summed E-state index contributed by atoms with van der Waals surface area (Å²) in [5.41, 5.74) is 4.01. The van der Waals surface area contributed by atoms with Crippen LogP contribution in [0.25, 0.3) is 0 Å². The number of ether oxygens (including phenoxy) is 2. The summed E-state index contributed by atoms with van der Waals surface area (Å²) in [4.78, 5) is 12.4. The molecular formula is C30H37FO3. The lowest BCUT2D eigenvalue weighted by Crippen LogP contribution is -2.45. The molecule has 3 nitrogen and oxygen atoms in total. The molecule has 5 rings (SSSR count). The first kappa shape index (κ1) is 23.4. The summed E-state index contributed by atoms with van der Waals surface area (Å²) in [5, 5.41) is 0. The highest BCUT2D eigenvalue weighted by Crippen LogP contribution is 2.61. The first-order valence-corrected chi connectivity index (χ1v) is 13.2. The molecule has 2 aromatic carbocycles. The Hall–Kier alpha value is -2.36. The largest absolute Gasteiger partial charge is 0.489 e. The van der Waals surface area contributed by atoms with Crippen molar-refractivity contribution in [1.29, 1.82) is 0 Å². The van der Waals surface area contributed by atoms with Gasteiger partial charge in [0.25, 0.3) is 0 Å². The van der Waals surface area contributed by atoms with Crippen molar-refractivity contribution in [2.45, 2.75) is 90.3 Å². The lowest BCUT2D eigenvalue weighted by atomic mass is 9.55. The molecule has 2 fully saturated rings. The van der Waals surface area contributed by atoms with E-state index < -0.39 is 0 Å². The van der Waals surface area contributed by atoms with Crippen molar-refractivity contribution in [2.24, 2.45) is 17.3 Å². The Balaban J connectivity index is 1.25. The Morgan fingerprint density at radius 2 is 1.91 bits per heavy atom. The molecule has 0 radical (unpaired) electrons. The van der Waals surface area contributed by atoms with Gasteiger partial charge in [-0.05, 0) is 104 Å². The second kappa shape index (κ2) is 9.71. The Bertz CT molecular complexity index is 1020. The van der Waals surface area contributed by atoms with E-state index in [0.29, 0.717) is 30.8 Å². The number of fused-ring (bicyclic) bond motifs is 5. The molecule has 0 saturated heterocycles. The van der Waals surface area contributed by atoms with E-state index in [1.807, 2.05) is 0 Å². The Labute approximate surface area is 203 Å². The van der Waals surface area contributed by atoms with Crippen molar-refractivity contribution >= 4 is 5.97 Å². The highest BCUT2D eigenvalue weighted by atomic mass is 19.1. The van der Waals surface area contributed by atoms with Crippen LogP contribution in [0.2, 0.25) is 0 Å². The fourth-order valence-electron chi connectivity index (χ4n) is 7.08. The number of carbonyl (C=O) groups is 1. The zero-order valence-corrected chi connectivity index (χ0v) is 20.5.